The summed E-state index contributed by atoms with van der Waals surface area (Å²) in [4.78, 5) is 0. The third kappa shape index (κ3) is 2.69. The van der Waals surface area contributed by atoms with Crippen molar-refractivity contribution >= 4 is 15.5 Å². The molecule has 17 heavy (non-hydrogen) atoms. The number of aryl methyl sites for hydroxylation is 1. The molecule has 94 valence electrons. The van der Waals surface area contributed by atoms with E-state index in [1.165, 1.54) is 12.1 Å². The first-order valence-corrected chi connectivity index (χ1v) is 7.12. The Bertz CT molecular complexity index is 542. The molecule has 1 aromatic carbocycles. The topological polar surface area (TPSA) is 69.4 Å². The first-order chi connectivity index (χ1) is 7.87. The van der Waals surface area contributed by atoms with E-state index >= 15 is 0 Å². The highest BCUT2D eigenvalue weighted by molar-refractivity contribution is 7.91. The number of benzene rings is 1. The summed E-state index contributed by atoms with van der Waals surface area (Å²) in [6.07, 6.45) is -0.0527. The van der Waals surface area contributed by atoms with Gasteiger partial charge < -0.3 is 10.5 Å². The molecule has 6 heteroatoms. The number of ether oxygens (including phenoxy) is 1. The van der Waals surface area contributed by atoms with E-state index in [1.54, 1.807) is 6.92 Å². The Kier molecular flexibility index (Phi) is 2.99. The third-order valence-corrected chi connectivity index (χ3v) is 4.54. The van der Waals surface area contributed by atoms with Crippen LogP contribution in [0.4, 0.5) is 10.1 Å². The van der Waals surface area contributed by atoms with Gasteiger partial charge in [0.2, 0.25) is 0 Å². The van der Waals surface area contributed by atoms with Gasteiger partial charge in [0.15, 0.2) is 21.4 Å². The molecule has 0 radical (unpaired) electrons. The molecule has 1 heterocycles. The van der Waals surface area contributed by atoms with Crippen LogP contribution >= 0.6 is 0 Å². The molecule has 2 N–H and O–H groups in total. The molecule has 0 aromatic heterocycles. The highest BCUT2D eigenvalue weighted by Gasteiger charge is 2.30. The molecule has 0 saturated carbocycles. The van der Waals surface area contributed by atoms with Crippen LogP contribution in [-0.2, 0) is 9.84 Å². The van der Waals surface area contributed by atoms with Crippen molar-refractivity contribution < 1.29 is 17.5 Å². The summed E-state index contributed by atoms with van der Waals surface area (Å²) in [6, 6.07) is 2.68. The van der Waals surface area contributed by atoms with Gasteiger partial charge in [0.05, 0.1) is 11.5 Å². The Morgan fingerprint density at radius 1 is 1.47 bits per heavy atom. The number of anilines is 1. The minimum absolute atomic E-state index is 0.0458. The molecule has 0 aliphatic carbocycles. The molecule has 1 aromatic rings. The Balaban J connectivity index is 2.17. The first-order valence-electron chi connectivity index (χ1n) is 5.30. The van der Waals surface area contributed by atoms with Gasteiger partial charge in [-0.3, -0.25) is 0 Å². The van der Waals surface area contributed by atoms with Crippen LogP contribution in [0.1, 0.15) is 12.0 Å². The van der Waals surface area contributed by atoms with E-state index in [0.29, 0.717) is 17.7 Å². The van der Waals surface area contributed by atoms with Gasteiger partial charge in [0.25, 0.3) is 0 Å². The first kappa shape index (κ1) is 12.2. The van der Waals surface area contributed by atoms with Crippen molar-refractivity contribution in [3.63, 3.8) is 0 Å². The van der Waals surface area contributed by atoms with Crippen molar-refractivity contribution in [2.45, 2.75) is 19.4 Å². The molecule has 1 atom stereocenters. The molecule has 0 bridgehead atoms. The fraction of sp³-hybridized carbons (Fsp3) is 0.455. The van der Waals surface area contributed by atoms with Gasteiger partial charge in [-0.15, -0.1) is 0 Å². The van der Waals surface area contributed by atoms with Crippen LogP contribution in [0, 0.1) is 12.7 Å². The summed E-state index contributed by atoms with van der Waals surface area (Å²) in [5, 5.41) is 0. The predicted octanol–water partition coefficient (Wildman–Crippen LogP) is 1.28. The fourth-order valence-electron chi connectivity index (χ4n) is 1.79. The zero-order valence-electron chi connectivity index (χ0n) is 9.44. The Morgan fingerprint density at radius 3 is 2.76 bits per heavy atom. The van der Waals surface area contributed by atoms with Crippen LogP contribution in [0.5, 0.6) is 5.75 Å². The van der Waals surface area contributed by atoms with Gasteiger partial charge in [0.1, 0.15) is 6.10 Å². The smallest absolute Gasteiger partial charge is 0.167 e. The molecule has 1 saturated heterocycles. The quantitative estimate of drug-likeness (QED) is 0.812. The SMILES string of the molecule is Cc1cc(OC2CCS(=O)(=O)C2)c(F)cc1N. The van der Waals surface area contributed by atoms with E-state index in [-0.39, 0.29) is 17.3 Å². The number of rotatable bonds is 2. The monoisotopic (exact) mass is 259 g/mol. The molecular weight excluding hydrogens is 245 g/mol. The van der Waals surface area contributed by atoms with Gasteiger partial charge in [-0.2, -0.15) is 0 Å². The normalized spacial score (nSPS) is 22.6. The molecule has 0 amide bonds. The van der Waals surface area contributed by atoms with E-state index in [4.69, 9.17) is 10.5 Å². The second kappa shape index (κ2) is 4.18. The lowest BCUT2D eigenvalue weighted by Crippen LogP contribution is -2.18. The number of nitrogens with two attached hydrogens (primary N) is 1. The summed E-state index contributed by atoms with van der Waals surface area (Å²) in [5.74, 6) is -0.431. The number of nitrogen functional groups attached to an aromatic ring is 1. The van der Waals surface area contributed by atoms with E-state index in [1.807, 2.05) is 0 Å². The van der Waals surface area contributed by atoms with Crippen LogP contribution in [0.3, 0.4) is 0 Å². The summed E-state index contributed by atoms with van der Waals surface area (Å²) >= 11 is 0. The maximum Gasteiger partial charge on any atom is 0.167 e. The van der Waals surface area contributed by atoms with Crippen molar-refractivity contribution in [1.82, 2.24) is 0 Å². The molecule has 0 spiro atoms. The van der Waals surface area contributed by atoms with Crippen molar-refractivity contribution in [2.24, 2.45) is 0 Å². The molecule has 1 aliphatic heterocycles. The molecule has 1 unspecified atom stereocenters. The molecular formula is C11H14FNO3S. The number of hydrogen-bond donors (Lipinski definition) is 1. The molecule has 1 fully saturated rings. The third-order valence-electron chi connectivity index (χ3n) is 2.80. The second-order valence-corrected chi connectivity index (χ2v) is 6.51. The van der Waals surface area contributed by atoms with Gasteiger partial charge in [-0.25, -0.2) is 12.8 Å². The highest BCUT2D eigenvalue weighted by Crippen LogP contribution is 2.26. The van der Waals surface area contributed by atoms with E-state index in [9.17, 15) is 12.8 Å². The maximum atomic E-state index is 13.5. The van der Waals surface area contributed by atoms with Crippen LogP contribution in [0.25, 0.3) is 0 Å². The number of halogens is 1. The van der Waals surface area contributed by atoms with Crippen molar-refractivity contribution in [3.8, 4) is 5.75 Å². The average Bonchev–Trinajstić information content (AvgIpc) is 2.54. The summed E-state index contributed by atoms with van der Waals surface area (Å²) in [5.41, 5.74) is 6.62. The minimum Gasteiger partial charge on any atom is -0.486 e. The van der Waals surface area contributed by atoms with E-state index in [2.05, 4.69) is 0 Å². The lowest BCUT2D eigenvalue weighted by molar-refractivity contribution is 0.218. The summed E-state index contributed by atoms with van der Waals surface area (Å²) in [7, 11) is -3.02. The van der Waals surface area contributed by atoms with Crippen LogP contribution < -0.4 is 10.5 Å². The summed E-state index contributed by atoms with van der Waals surface area (Å²) in [6.45, 7) is 1.74. The Labute approximate surface area is 99.5 Å². The molecule has 4 nitrogen and oxygen atoms in total. The van der Waals surface area contributed by atoms with Crippen molar-refractivity contribution in [2.75, 3.05) is 17.2 Å². The minimum atomic E-state index is -3.02. The predicted molar refractivity (Wildman–Crippen MR) is 63.2 cm³/mol. The maximum absolute atomic E-state index is 13.5. The Hall–Kier alpha value is -1.30. The molecule has 2 rings (SSSR count). The van der Waals surface area contributed by atoms with Gasteiger partial charge in [-0.05, 0) is 25.0 Å². The molecule has 1 aliphatic rings. The van der Waals surface area contributed by atoms with Crippen molar-refractivity contribution in [1.29, 1.82) is 0 Å². The zero-order chi connectivity index (χ0) is 12.6. The number of sulfone groups is 1. The van der Waals surface area contributed by atoms with Crippen molar-refractivity contribution in [3.05, 3.63) is 23.5 Å². The largest absolute Gasteiger partial charge is 0.486 e. The Morgan fingerprint density at radius 2 is 2.18 bits per heavy atom. The lowest BCUT2D eigenvalue weighted by atomic mass is 10.2. The van der Waals surface area contributed by atoms with E-state index in [0.717, 1.165) is 0 Å². The van der Waals surface area contributed by atoms with Crippen LogP contribution in [-0.4, -0.2) is 26.0 Å². The standard InChI is InChI=1S/C11H14FNO3S/c1-7-4-11(9(12)5-10(7)13)16-8-2-3-17(14,15)6-8/h4-5,8H,2-3,6,13H2,1H3. The van der Waals surface area contributed by atoms with Crippen LogP contribution in [0.15, 0.2) is 12.1 Å². The van der Waals surface area contributed by atoms with Gasteiger partial charge >= 0.3 is 0 Å². The van der Waals surface area contributed by atoms with Gasteiger partial charge in [-0.1, -0.05) is 0 Å². The summed E-state index contributed by atoms with van der Waals surface area (Å²) < 4.78 is 41.4. The van der Waals surface area contributed by atoms with E-state index < -0.39 is 21.8 Å². The average molecular weight is 259 g/mol. The fourth-order valence-corrected chi connectivity index (χ4v) is 3.38. The zero-order valence-corrected chi connectivity index (χ0v) is 10.3. The lowest BCUT2D eigenvalue weighted by Gasteiger charge is -2.14. The number of hydrogen-bond acceptors (Lipinski definition) is 4. The highest BCUT2D eigenvalue weighted by atomic mass is 32.2. The van der Waals surface area contributed by atoms with Gasteiger partial charge in [0, 0.05) is 11.8 Å². The van der Waals surface area contributed by atoms with Crippen LogP contribution in [0.2, 0.25) is 0 Å². The second-order valence-electron chi connectivity index (χ2n) is 4.28.